The molecule has 1 rings (SSSR count). The van der Waals surface area contributed by atoms with E-state index in [2.05, 4.69) is 4.98 Å². The first kappa shape index (κ1) is 12.6. The number of nitrogens with zero attached hydrogens (tertiary/aromatic N) is 1. The van der Waals surface area contributed by atoms with Crippen LogP contribution in [0.2, 0.25) is 0 Å². The predicted octanol–water partition coefficient (Wildman–Crippen LogP) is 3.06. The zero-order valence-electron chi connectivity index (χ0n) is 7.18. The summed E-state index contributed by atoms with van der Waals surface area (Å²) in [7, 11) is 0. The Kier molecular flexibility index (Phi) is 4.21. The van der Waals surface area contributed by atoms with Crippen LogP contribution in [-0.4, -0.2) is 16.1 Å². The Balaban J connectivity index is 3.37. The second kappa shape index (κ2) is 5.02. The largest absolute Gasteiger partial charge is 0.478 e. The van der Waals surface area contributed by atoms with E-state index in [0.717, 1.165) is 6.07 Å². The van der Waals surface area contributed by atoms with Crippen LogP contribution < -0.4 is 0 Å². The summed E-state index contributed by atoms with van der Waals surface area (Å²) in [6.45, 7) is 0. The van der Waals surface area contributed by atoms with E-state index in [4.69, 9.17) is 16.7 Å². The topological polar surface area (TPSA) is 50.2 Å². The van der Waals surface area contributed by atoms with Crippen molar-refractivity contribution < 1.29 is 18.7 Å². The third-order valence-corrected chi connectivity index (χ3v) is 2.76. The molecule has 0 bridgehead atoms. The second-order valence-corrected chi connectivity index (χ2v) is 3.89. The standard InChI is InChI=1S/C8H5ClF2INO2/c9-2-5-3(6(10)11)1-4(8(14)15)7(12)13-5/h1,6H,2H2,(H,14,15). The van der Waals surface area contributed by atoms with Crippen LogP contribution in [0.3, 0.4) is 0 Å². The van der Waals surface area contributed by atoms with E-state index in [0.29, 0.717) is 0 Å². The van der Waals surface area contributed by atoms with Crippen LogP contribution in [-0.2, 0) is 5.88 Å². The Hall–Kier alpha value is -0.500. The lowest BCUT2D eigenvalue weighted by Crippen LogP contribution is -2.07. The molecule has 0 radical (unpaired) electrons. The molecule has 0 aliphatic rings. The van der Waals surface area contributed by atoms with Crippen LogP contribution in [0.5, 0.6) is 0 Å². The van der Waals surface area contributed by atoms with E-state index in [1.165, 1.54) is 0 Å². The summed E-state index contributed by atoms with van der Waals surface area (Å²) < 4.78 is 25.1. The zero-order valence-corrected chi connectivity index (χ0v) is 10.1. The Morgan fingerprint density at radius 1 is 1.67 bits per heavy atom. The van der Waals surface area contributed by atoms with Gasteiger partial charge in [0.2, 0.25) is 0 Å². The molecule has 0 saturated carbocycles. The van der Waals surface area contributed by atoms with E-state index in [1.54, 1.807) is 22.6 Å². The number of carboxylic acid groups (broad SMARTS) is 1. The molecule has 0 aromatic carbocycles. The minimum absolute atomic E-state index is 0.0149. The number of rotatable bonds is 3. The van der Waals surface area contributed by atoms with Gasteiger partial charge in [0.15, 0.2) is 0 Å². The fourth-order valence-electron chi connectivity index (χ4n) is 0.988. The third kappa shape index (κ3) is 2.75. The normalized spacial score (nSPS) is 10.7. The summed E-state index contributed by atoms with van der Waals surface area (Å²) in [5, 5.41) is 8.71. The molecule has 1 aromatic heterocycles. The SMILES string of the molecule is O=C(O)c1cc(C(F)F)c(CCl)nc1I. The van der Waals surface area contributed by atoms with Gasteiger partial charge < -0.3 is 5.11 Å². The fraction of sp³-hybridized carbons (Fsp3) is 0.250. The molecule has 0 aliphatic carbocycles. The molecular weight excluding hydrogens is 342 g/mol. The van der Waals surface area contributed by atoms with Crippen LogP contribution in [0, 0.1) is 3.70 Å². The summed E-state index contributed by atoms with van der Waals surface area (Å²) in [6.07, 6.45) is -2.78. The molecule has 0 spiro atoms. The maximum Gasteiger partial charge on any atom is 0.338 e. The summed E-state index contributed by atoms with van der Waals surface area (Å²) in [4.78, 5) is 14.4. The predicted molar refractivity (Wildman–Crippen MR) is 58.4 cm³/mol. The maximum absolute atomic E-state index is 12.5. The molecule has 82 valence electrons. The van der Waals surface area contributed by atoms with Gasteiger partial charge in [-0.2, -0.15) is 0 Å². The Morgan fingerprint density at radius 2 is 2.27 bits per heavy atom. The number of hydrogen-bond donors (Lipinski definition) is 1. The Morgan fingerprint density at radius 3 is 2.67 bits per heavy atom. The number of halogens is 4. The van der Waals surface area contributed by atoms with Crippen LogP contribution in [0.25, 0.3) is 0 Å². The van der Waals surface area contributed by atoms with Crippen molar-refractivity contribution in [3.8, 4) is 0 Å². The average Bonchev–Trinajstić information content (AvgIpc) is 2.16. The van der Waals surface area contributed by atoms with Gasteiger partial charge in [0.05, 0.1) is 17.1 Å². The molecule has 0 fully saturated rings. The van der Waals surface area contributed by atoms with Crippen molar-refractivity contribution >= 4 is 40.2 Å². The van der Waals surface area contributed by atoms with Crippen molar-refractivity contribution in [2.75, 3.05) is 0 Å². The first-order valence-electron chi connectivity index (χ1n) is 3.74. The molecule has 0 aliphatic heterocycles. The number of carboxylic acids is 1. The van der Waals surface area contributed by atoms with Gasteiger partial charge in [-0.1, -0.05) is 0 Å². The molecule has 0 saturated heterocycles. The second-order valence-electron chi connectivity index (χ2n) is 2.60. The molecule has 0 unspecified atom stereocenters. The third-order valence-electron chi connectivity index (χ3n) is 1.68. The van der Waals surface area contributed by atoms with Crippen molar-refractivity contribution in [1.29, 1.82) is 0 Å². The van der Waals surface area contributed by atoms with Gasteiger partial charge in [-0.05, 0) is 28.7 Å². The summed E-state index contributed by atoms with van der Waals surface area (Å²) in [6, 6.07) is 0.916. The Labute approximate surface area is 103 Å². The van der Waals surface area contributed by atoms with Crippen LogP contribution >= 0.6 is 34.2 Å². The van der Waals surface area contributed by atoms with E-state index in [9.17, 15) is 13.6 Å². The smallest absolute Gasteiger partial charge is 0.338 e. The highest BCUT2D eigenvalue weighted by atomic mass is 127. The monoisotopic (exact) mass is 347 g/mol. The first-order chi connectivity index (χ1) is 6.97. The molecule has 0 atom stereocenters. The van der Waals surface area contributed by atoms with Gasteiger partial charge in [-0.25, -0.2) is 18.6 Å². The number of aromatic carboxylic acids is 1. The lowest BCUT2D eigenvalue weighted by molar-refractivity contribution is 0.0694. The molecule has 15 heavy (non-hydrogen) atoms. The highest BCUT2D eigenvalue weighted by Crippen LogP contribution is 2.26. The summed E-state index contributed by atoms with van der Waals surface area (Å²) in [5.41, 5.74) is -0.649. The maximum atomic E-state index is 12.5. The summed E-state index contributed by atoms with van der Waals surface area (Å²) >= 11 is 7.10. The van der Waals surface area contributed by atoms with Gasteiger partial charge in [0.25, 0.3) is 6.43 Å². The van der Waals surface area contributed by atoms with Gasteiger partial charge >= 0.3 is 5.97 Å². The molecule has 0 amide bonds. The van der Waals surface area contributed by atoms with Crippen LogP contribution in [0.1, 0.15) is 28.0 Å². The molecular formula is C8H5ClF2INO2. The van der Waals surface area contributed by atoms with E-state index >= 15 is 0 Å². The lowest BCUT2D eigenvalue weighted by Gasteiger charge is -2.08. The van der Waals surface area contributed by atoms with Crippen molar-refractivity contribution in [2.24, 2.45) is 0 Å². The first-order valence-corrected chi connectivity index (χ1v) is 5.35. The van der Waals surface area contributed by atoms with Crippen LogP contribution in [0.15, 0.2) is 6.07 Å². The number of hydrogen-bond acceptors (Lipinski definition) is 2. The minimum Gasteiger partial charge on any atom is -0.478 e. The quantitative estimate of drug-likeness (QED) is 0.519. The fourth-order valence-corrected chi connectivity index (χ4v) is 1.88. The lowest BCUT2D eigenvalue weighted by atomic mass is 10.1. The van der Waals surface area contributed by atoms with E-state index in [1.807, 2.05) is 0 Å². The van der Waals surface area contributed by atoms with Gasteiger partial charge in [0.1, 0.15) is 3.70 Å². The van der Waals surface area contributed by atoms with Crippen molar-refractivity contribution in [2.45, 2.75) is 12.3 Å². The number of pyridine rings is 1. The van der Waals surface area contributed by atoms with Crippen molar-refractivity contribution in [3.05, 3.63) is 26.6 Å². The van der Waals surface area contributed by atoms with Gasteiger partial charge in [0, 0.05) is 5.56 Å². The Bertz CT molecular complexity index is 400. The number of carbonyl (C=O) groups is 1. The van der Waals surface area contributed by atoms with E-state index < -0.39 is 18.0 Å². The highest BCUT2D eigenvalue weighted by Gasteiger charge is 2.19. The van der Waals surface area contributed by atoms with Crippen molar-refractivity contribution in [3.63, 3.8) is 0 Å². The summed E-state index contributed by atoms with van der Waals surface area (Å²) in [5.74, 6) is -1.45. The number of aromatic nitrogens is 1. The van der Waals surface area contributed by atoms with Gasteiger partial charge in [-0.3, -0.25) is 0 Å². The van der Waals surface area contributed by atoms with Crippen LogP contribution in [0.4, 0.5) is 8.78 Å². The molecule has 1 heterocycles. The highest BCUT2D eigenvalue weighted by molar-refractivity contribution is 14.1. The molecule has 1 aromatic rings. The minimum atomic E-state index is -2.78. The number of alkyl halides is 3. The van der Waals surface area contributed by atoms with E-state index in [-0.39, 0.29) is 20.8 Å². The zero-order chi connectivity index (χ0) is 11.6. The van der Waals surface area contributed by atoms with Crippen molar-refractivity contribution in [1.82, 2.24) is 4.98 Å². The molecule has 7 heteroatoms. The van der Waals surface area contributed by atoms with Gasteiger partial charge in [-0.15, -0.1) is 11.6 Å². The molecule has 1 N–H and O–H groups in total. The molecule has 3 nitrogen and oxygen atoms in total. The average molecular weight is 347 g/mol.